The van der Waals surface area contributed by atoms with Gasteiger partial charge in [0.1, 0.15) is 0 Å². The number of benzene rings is 1. The summed E-state index contributed by atoms with van der Waals surface area (Å²) >= 11 is 0. The lowest BCUT2D eigenvalue weighted by atomic mass is 9.92. The molecule has 0 radical (unpaired) electrons. The molecule has 132 valence electrons. The number of likely N-dealkylation sites (tertiary alicyclic amines) is 1. The standard InChI is InChI=1S/C20H25N3O2/c1-14-5-7-18(17-4-3-11-21-20(14)17)22-19(25)8-6-16-9-12-23(13-10-16)15(2)24/h3-5,7,11,16H,6,8-10,12-13H2,1-2H3,(H,22,25). The van der Waals surface area contributed by atoms with E-state index in [0.717, 1.165) is 54.5 Å². The number of carbonyl (C=O) groups is 2. The highest BCUT2D eigenvalue weighted by atomic mass is 16.2. The Balaban J connectivity index is 1.55. The number of nitrogens with one attached hydrogen (secondary N) is 1. The summed E-state index contributed by atoms with van der Waals surface area (Å²) in [6.45, 7) is 5.27. The van der Waals surface area contributed by atoms with Crippen molar-refractivity contribution in [3.8, 4) is 0 Å². The van der Waals surface area contributed by atoms with Gasteiger partial charge in [0.05, 0.1) is 11.2 Å². The maximum atomic E-state index is 12.4. The molecule has 0 spiro atoms. The summed E-state index contributed by atoms with van der Waals surface area (Å²) in [5.74, 6) is 0.719. The average molecular weight is 339 g/mol. The Hall–Kier alpha value is -2.43. The predicted octanol–water partition coefficient (Wildman–Crippen LogP) is 3.52. The first-order valence-corrected chi connectivity index (χ1v) is 8.94. The normalized spacial score (nSPS) is 15.4. The smallest absolute Gasteiger partial charge is 0.224 e. The monoisotopic (exact) mass is 339 g/mol. The summed E-state index contributed by atoms with van der Waals surface area (Å²) in [6, 6.07) is 7.81. The van der Waals surface area contributed by atoms with Crippen molar-refractivity contribution in [1.82, 2.24) is 9.88 Å². The highest BCUT2D eigenvalue weighted by Crippen LogP contribution is 2.26. The number of anilines is 1. The maximum absolute atomic E-state index is 12.4. The lowest BCUT2D eigenvalue weighted by Crippen LogP contribution is -2.37. The second kappa shape index (κ2) is 7.64. The van der Waals surface area contributed by atoms with E-state index in [4.69, 9.17) is 0 Å². The van der Waals surface area contributed by atoms with Gasteiger partial charge < -0.3 is 10.2 Å². The van der Waals surface area contributed by atoms with Gasteiger partial charge in [-0.3, -0.25) is 14.6 Å². The van der Waals surface area contributed by atoms with Gasteiger partial charge in [0.25, 0.3) is 0 Å². The molecule has 1 aromatic heterocycles. The molecule has 1 fully saturated rings. The van der Waals surface area contributed by atoms with Crippen molar-refractivity contribution in [2.75, 3.05) is 18.4 Å². The lowest BCUT2D eigenvalue weighted by Gasteiger charge is -2.31. The van der Waals surface area contributed by atoms with E-state index in [1.54, 1.807) is 13.1 Å². The van der Waals surface area contributed by atoms with Crippen LogP contribution in [0, 0.1) is 12.8 Å². The van der Waals surface area contributed by atoms with Gasteiger partial charge in [-0.15, -0.1) is 0 Å². The topological polar surface area (TPSA) is 62.3 Å². The number of piperidine rings is 1. The van der Waals surface area contributed by atoms with Crippen molar-refractivity contribution >= 4 is 28.4 Å². The Morgan fingerprint density at radius 1 is 1.24 bits per heavy atom. The van der Waals surface area contributed by atoms with Crippen LogP contribution in [0.4, 0.5) is 5.69 Å². The van der Waals surface area contributed by atoms with Gasteiger partial charge >= 0.3 is 0 Å². The number of nitrogens with zero attached hydrogens (tertiary/aromatic N) is 2. The summed E-state index contributed by atoms with van der Waals surface area (Å²) in [7, 11) is 0. The molecule has 0 saturated carbocycles. The number of aromatic nitrogens is 1. The van der Waals surface area contributed by atoms with Gasteiger partial charge in [-0.05, 0) is 55.9 Å². The first kappa shape index (κ1) is 17.4. The van der Waals surface area contributed by atoms with Gasteiger partial charge in [0.15, 0.2) is 0 Å². The molecule has 1 N–H and O–H groups in total. The maximum Gasteiger partial charge on any atom is 0.224 e. The summed E-state index contributed by atoms with van der Waals surface area (Å²) in [4.78, 5) is 30.0. The van der Waals surface area contributed by atoms with Crippen molar-refractivity contribution in [2.45, 2.75) is 39.5 Å². The fraction of sp³-hybridized carbons (Fsp3) is 0.450. The fourth-order valence-corrected chi connectivity index (χ4v) is 3.51. The number of pyridine rings is 1. The fourth-order valence-electron chi connectivity index (χ4n) is 3.51. The molecule has 3 rings (SSSR count). The molecule has 0 aliphatic carbocycles. The Labute approximate surface area is 148 Å². The van der Waals surface area contributed by atoms with E-state index in [9.17, 15) is 9.59 Å². The van der Waals surface area contributed by atoms with Gasteiger partial charge in [0, 0.05) is 38.0 Å². The number of hydrogen-bond acceptors (Lipinski definition) is 3. The van der Waals surface area contributed by atoms with Crippen LogP contribution < -0.4 is 5.32 Å². The summed E-state index contributed by atoms with van der Waals surface area (Å²) in [5.41, 5.74) is 2.85. The zero-order chi connectivity index (χ0) is 17.8. The molecule has 0 unspecified atom stereocenters. The van der Waals surface area contributed by atoms with Crippen LogP contribution in [0.3, 0.4) is 0 Å². The van der Waals surface area contributed by atoms with E-state index in [0.29, 0.717) is 12.3 Å². The van der Waals surface area contributed by atoms with E-state index in [1.165, 1.54) is 0 Å². The van der Waals surface area contributed by atoms with E-state index < -0.39 is 0 Å². The van der Waals surface area contributed by atoms with E-state index >= 15 is 0 Å². The quantitative estimate of drug-likeness (QED) is 0.927. The number of carbonyl (C=O) groups excluding carboxylic acids is 2. The Kier molecular flexibility index (Phi) is 5.31. The average Bonchev–Trinajstić information content (AvgIpc) is 2.63. The van der Waals surface area contributed by atoms with Crippen LogP contribution in [0.15, 0.2) is 30.5 Å². The molecule has 5 nitrogen and oxygen atoms in total. The molecular formula is C20H25N3O2. The van der Waals surface area contributed by atoms with Crippen molar-refractivity contribution in [2.24, 2.45) is 5.92 Å². The van der Waals surface area contributed by atoms with Crippen LogP contribution in [-0.2, 0) is 9.59 Å². The van der Waals surface area contributed by atoms with Crippen molar-refractivity contribution in [3.63, 3.8) is 0 Å². The van der Waals surface area contributed by atoms with Crippen LogP contribution in [0.1, 0.15) is 38.2 Å². The van der Waals surface area contributed by atoms with Crippen LogP contribution in [0.5, 0.6) is 0 Å². The molecule has 5 heteroatoms. The van der Waals surface area contributed by atoms with Gasteiger partial charge in [-0.1, -0.05) is 6.07 Å². The Bertz CT molecular complexity index is 780. The van der Waals surface area contributed by atoms with Gasteiger partial charge in [-0.25, -0.2) is 0 Å². The third-order valence-corrected chi connectivity index (χ3v) is 5.08. The summed E-state index contributed by atoms with van der Waals surface area (Å²) in [5, 5.41) is 4.01. The molecule has 0 atom stereocenters. The minimum atomic E-state index is 0.0444. The number of amides is 2. The van der Waals surface area contributed by atoms with Crippen molar-refractivity contribution < 1.29 is 9.59 Å². The second-order valence-corrected chi connectivity index (χ2v) is 6.87. The Morgan fingerprint density at radius 3 is 2.72 bits per heavy atom. The number of rotatable bonds is 4. The van der Waals surface area contributed by atoms with Crippen molar-refractivity contribution in [3.05, 3.63) is 36.0 Å². The molecule has 1 aromatic carbocycles. The van der Waals surface area contributed by atoms with Gasteiger partial charge in [-0.2, -0.15) is 0 Å². The first-order chi connectivity index (χ1) is 12.0. The SMILES string of the molecule is CC(=O)N1CCC(CCC(=O)Nc2ccc(C)c3ncccc23)CC1. The van der Waals surface area contributed by atoms with Crippen molar-refractivity contribution in [1.29, 1.82) is 0 Å². The highest BCUT2D eigenvalue weighted by Gasteiger charge is 2.21. The zero-order valence-electron chi connectivity index (χ0n) is 14.9. The number of hydrogen-bond donors (Lipinski definition) is 1. The molecule has 25 heavy (non-hydrogen) atoms. The number of fused-ring (bicyclic) bond motifs is 1. The molecule has 0 bridgehead atoms. The molecule has 2 amide bonds. The van der Waals surface area contributed by atoms with Gasteiger partial charge in [0.2, 0.25) is 11.8 Å². The molecule has 1 aliphatic heterocycles. The summed E-state index contributed by atoms with van der Waals surface area (Å²) < 4.78 is 0. The van der Waals surface area contributed by atoms with E-state index in [2.05, 4.69) is 10.3 Å². The van der Waals surface area contributed by atoms with Crippen LogP contribution >= 0.6 is 0 Å². The largest absolute Gasteiger partial charge is 0.343 e. The third kappa shape index (κ3) is 4.16. The van der Waals surface area contributed by atoms with E-state index in [1.807, 2.05) is 36.1 Å². The zero-order valence-corrected chi connectivity index (χ0v) is 14.9. The minimum absolute atomic E-state index is 0.0444. The second-order valence-electron chi connectivity index (χ2n) is 6.87. The van der Waals surface area contributed by atoms with Crippen LogP contribution in [0.2, 0.25) is 0 Å². The third-order valence-electron chi connectivity index (χ3n) is 5.08. The van der Waals surface area contributed by atoms with E-state index in [-0.39, 0.29) is 11.8 Å². The predicted molar refractivity (Wildman–Crippen MR) is 99.3 cm³/mol. The summed E-state index contributed by atoms with van der Waals surface area (Å²) in [6.07, 6.45) is 5.14. The molecule has 2 aromatic rings. The first-order valence-electron chi connectivity index (χ1n) is 8.94. The lowest BCUT2D eigenvalue weighted by molar-refractivity contribution is -0.130. The van der Waals surface area contributed by atoms with Crippen LogP contribution in [-0.4, -0.2) is 34.8 Å². The number of aryl methyl sites for hydroxylation is 1. The Morgan fingerprint density at radius 2 is 2.00 bits per heavy atom. The molecule has 1 saturated heterocycles. The highest BCUT2D eigenvalue weighted by molar-refractivity contribution is 6.01. The molecule has 1 aliphatic rings. The minimum Gasteiger partial charge on any atom is -0.343 e. The molecule has 2 heterocycles. The molecular weight excluding hydrogens is 314 g/mol. The van der Waals surface area contributed by atoms with Crippen LogP contribution in [0.25, 0.3) is 10.9 Å².